The van der Waals surface area contributed by atoms with Gasteiger partial charge in [-0.15, -0.1) is 0 Å². The highest BCUT2D eigenvalue weighted by Crippen LogP contribution is 2.29. The second kappa shape index (κ2) is 5.70. The molecule has 1 unspecified atom stereocenters. The van der Waals surface area contributed by atoms with E-state index in [-0.39, 0.29) is 6.04 Å². The van der Waals surface area contributed by atoms with Crippen molar-refractivity contribution in [3.05, 3.63) is 65.1 Å². The molecule has 3 nitrogen and oxygen atoms in total. The van der Waals surface area contributed by atoms with E-state index in [0.29, 0.717) is 10.8 Å². The van der Waals surface area contributed by atoms with Crippen LogP contribution in [-0.2, 0) is 0 Å². The van der Waals surface area contributed by atoms with Crippen LogP contribution in [0.2, 0.25) is 5.02 Å². The number of nitrogens with zero attached hydrogens (tertiary/aromatic N) is 2. The van der Waals surface area contributed by atoms with Crippen molar-refractivity contribution in [3.63, 3.8) is 0 Å². The molecule has 4 heteroatoms. The van der Waals surface area contributed by atoms with E-state index in [1.165, 1.54) is 22.7 Å². The quantitative estimate of drug-likeness (QED) is 0.757. The maximum atomic E-state index is 6.26. The zero-order valence-corrected chi connectivity index (χ0v) is 12.7. The van der Waals surface area contributed by atoms with E-state index >= 15 is 0 Å². The summed E-state index contributed by atoms with van der Waals surface area (Å²) in [5, 5.41) is 6.42. The molecular weight excluding hydrogens is 282 g/mol. The first-order valence-electron chi connectivity index (χ1n) is 6.88. The molecule has 0 aliphatic rings. The third kappa shape index (κ3) is 2.69. The number of halogens is 1. The average molecular weight is 298 g/mol. The topological polar surface area (TPSA) is 37.8 Å². The highest BCUT2D eigenvalue weighted by molar-refractivity contribution is 6.33. The molecule has 0 bridgehead atoms. The maximum Gasteiger partial charge on any atom is 0.148 e. The van der Waals surface area contributed by atoms with Crippen LogP contribution in [0.4, 0.5) is 5.82 Å². The van der Waals surface area contributed by atoms with Gasteiger partial charge in [-0.05, 0) is 30.2 Å². The van der Waals surface area contributed by atoms with Gasteiger partial charge in [-0.3, -0.25) is 0 Å². The van der Waals surface area contributed by atoms with Gasteiger partial charge in [0.05, 0.1) is 11.7 Å². The molecule has 0 amide bonds. The zero-order valence-electron chi connectivity index (χ0n) is 12.0. The summed E-state index contributed by atoms with van der Waals surface area (Å²) in [6.45, 7) is 3.98. The SMILES string of the molecule is Cc1ncnc(NC(C)c2cccc3ccccc23)c1Cl. The first kappa shape index (κ1) is 13.8. The number of rotatable bonds is 3. The van der Waals surface area contributed by atoms with Crippen molar-refractivity contribution in [1.82, 2.24) is 9.97 Å². The van der Waals surface area contributed by atoms with Crippen LogP contribution in [0.1, 0.15) is 24.2 Å². The normalized spacial score (nSPS) is 12.3. The highest BCUT2D eigenvalue weighted by atomic mass is 35.5. The van der Waals surface area contributed by atoms with E-state index in [0.717, 1.165) is 5.69 Å². The van der Waals surface area contributed by atoms with Crippen LogP contribution >= 0.6 is 11.6 Å². The minimum Gasteiger partial charge on any atom is -0.362 e. The number of nitrogens with one attached hydrogen (secondary N) is 1. The first-order valence-corrected chi connectivity index (χ1v) is 7.26. The number of hydrogen-bond donors (Lipinski definition) is 1. The van der Waals surface area contributed by atoms with E-state index in [9.17, 15) is 0 Å². The summed E-state index contributed by atoms with van der Waals surface area (Å²) < 4.78 is 0. The second-order valence-electron chi connectivity index (χ2n) is 5.06. The number of hydrogen-bond acceptors (Lipinski definition) is 3. The summed E-state index contributed by atoms with van der Waals surface area (Å²) in [4.78, 5) is 8.32. The Morgan fingerprint density at radius 2 is 1.81 bits per heavy atom. The molecule has 0 aliphatic heterocycles. The minimum atomic E-state index is 0.0999. The Bertz CT molecular complexity index is 781. The Balaban J connectivity index is 1.97. The largest absolute Gasteiger partial charge is 0.362 e. The van der Waals surface area contributed by atoms with Crippen molar-refractivity contribution in [3.8, 4) is 0 Å². The van der Waals surface area contributed by atoms with Gasteiger partial charge in [0.15, 0.2) is 0 Å². The average Bonchev–Trinajstić information content (AvgIpc) is 2.51. The molecule has 0 fully saturated rings. The Morgan fingerprint density at radius 1 is 1.05 bits per heavy atom. The summed E-state index contributed by atoms with van der Waals surface area (Å²) in [6, 6.07) is 14.8. The van der Waals surface area contributed by atoms with E-state index in [1.807, 2.05) is 6.92 Å². The van der Waals surface area contributed by atoms with E-state index in [4.69, 9.17) is 11.6 Å². The lowest BCUT2D eigenvalue weighted by Gasteiger charge is -2.18. The molecule has 1 heterocycles. The third-order valence-corrected chi connectivity index (χ3v) is 4.06. The van der Waals surface area contributed by atoms with Crippen LogP contribution in [0.3, 0.4) is 0 Å². The Hall–Kier alpha value is -2.13. The summed E-state index contributed by atoms with van der Waals surface area (Å²) in [6.07, 6.45) is 1.53. The van der Waals surface area contributed by atoms with Crippen molar-refractivity contribution in [1.29, 1.82) is 0 Å². The van der Waals surface area contributed by atoms with Crippen LogP contribution in [0.15, 0.2) is 48.8 Å². The summed E-state index contributed by atoms with van der Waals surface area (Å²) in [5.41, 5.74) is 2.00. The lowest BCUT2D eigenvalue weighted by Crippen LogP contribution is -2.09. The number of benzene rings is 2. The molecule has 0 spiro atoms. The summed E-state index contributed by atoms with van der Waals surface area (Å²) >= 11 is 6.26. The molecular formula is C17H16ClN3. The van der Waals surface area contributed by atoms with Crippen molar-refractivity contribution in [2.45, 2.75) is 19.9 Å². The molecule has 3 rings (SSSR count). The molecule has 1 atom stereocenters. The number of fused-ring (bicyclic) bond motifs is 1. The van der Waals surface area contributed by atoms with Crippen molar-refractivity contribution >= 4 is 28.2 Å². The third-order valence-electron chi connectivity index (χ3n) is 3.61. The van der Waals surface area contributed by atoms with Crippen LogP contribution in [0.25, 0.3) is 10.8 Å². The van der Waals surface area contributed by atoms with Gasteiger partial charge in [-0.2, -0.15) is 0 Å². The standard InChI is InChI=1S/C17H16ClN3/c1-11(21-17-16(18)12(2)19-10-20-17)14-9-5-7-13-6-3-4-8-15(13)14/h3-11H,1-2H3,(H,19,20,21). The molecule has 3 aromatic rings. The number of aromatic nitrogens is 2. The fourth-order valence-electron chi connectivity index (χ4n) is 2.47. The fourth-order valence-corrected chi connectivity index (χ4v) is 2.62. The lowest BCUT2D eigenvalue weighted by molar-refractivity contribution is 0.879. The molecule has 0 radical (unpaired) electrons. The second-order valence-corrected chi connectivity index (χ2v) is 5.43. The van der Waals surface area contributed by atoms with Gasteiger partial charge in [-0.25, -0.2) is 9.97 Å². The molecule has 0 saturated heterocycles. The number of anilines is 1. The molecule has 1 N–H and O–H groups in total. The molecule has 0 saturated carbocycles. The van der Waals surface area contributed by atoms with E-state index in [2.05, 4.69) is 64.7 Å². The van der Waals surface area contributed by atoms with Gasteiger partial charge in [-0.1, -0.05) is 54.1 Å². The Kier molecular flexibility index (Phi) is 3.76. The first-order chi connectivity index (χ1) is 10.2. The molecule has 21 heavy (non-hydrogen) atoms. The van der Waals surface area contributed by atoms with Crippen LogP contribution in [0, 0.1) is 6.92 Å². The molecule has 2 aromatic carbocycles. The monoisotopic (exact) mass is 297 g/mol. The van der Waals surface area contributed by atoms with Gasteiger partial charge in [0.1, 0.15) is 17.2 Å². The predicted octanol–water partition coefficient (Wildman–Crippen LogP) is 4.76. The maximum absolute atomic E-state index is 6.26. The zero-order chi connectivity index (χ0) is 14.8. The molecule has 0 aliphatic carbocycles. The highest BCUT2D eigenvalue weighted by Gasteiger charge is 2.12. The van der Waals surface area contributed by atoms with Gasteiger partial charge < -0.3 is 5.32 Å². The van der Waals surface area contributed by atoms with Crippen LogP contribution in [0.5, 0.6) is 0 Å². The van der Waals surface area contributed by atoms with Crippen molar-refractivity contribution in [2.24, 2.45) is 0 Å². The molecule has 1 aromatic heterocycles. The number of aryl methyl sites for hydroxylation is 1. The van der Waals surface area contributed by atoms with Gasteiger partial charge >= 0.3 is 0 Å². The van der Waals surface area contributed by atoms with Gasteiger partial charge in [0, 0.05) is 0 Å². The van der Waals surface area contributed by atoms with Gasteiger partial charge in [0.2, 0.25) is 0 Å². The van der Waals surface area contributed by atoms with Crippen LogP contribution in [-0.4, -0.2) is 9.97 Å². The fraction of sp³-hybridized carbons (Fsp3) is 0.176. The van der Waals surface area contributed by atoms with Crippen molar-refractivity contribution < 1.29 is 0 Å². The predicted molar refractivity (Wildman–Crippen MR) is 87.8 cm³/mol. The Morgan fingerprint density at radius 3 is 2.67 bits per heavy atom. The van der Waals surface area contributed by atoms with E-state index < -0.39 is 0 Å². The lowest BCUT2D eigenvalue weighted by atomic mass is 10.00. The summed E-state index contributed by atoms with van der Waals surface area (Å²) in [5.74, 6) is 0.671. The van der Waals surface area contributed by atoms with E-state index in [1.54, 1.807) is 0 Å². The molecule has 106 valence electrons. The van der Waals surface area contributed by atoms with Crippen LogP contribution < -0.4 is 5.32 Å². The van der Waals surface area contributed by atoms with Gasteiger partial charge in [0.25, 0.3) is 0 Å². The smallest absolute Gasteiger partial charge is 0.148 e. The minimum absolute atomic E-state index is 0.0999. The summed E-state index contributed by atoms with van der Waals surface area (Å²) in [7, 11) is 0. The van der Waals surface area contributed by atoms with Crippen molar-refractivity contribution in [2.75, 3.05) is 5.32 Å². The Labute approximate surface area is 129 Å².